The maximum absolute atomic E-state index is 12.1. The largest absolute Gasteiger partial charge is 0.300 e. The molecule has 10 heteroatoms. The Morgan fingerprint density at radius 3 is 2.96 bits per heavy atom. The Balaban J connectivity index is 1.71. The molecule has 0 aromatic carbocycles. The quantitative estimate of drug-likeness (QED) is 0.527. The number of hydrogen-bond acceptors (Lipinski definition) is 7. The van der Waals surface area contributed by atoms with Crippen LogP contribution in [0.25, 0.3) is 5.65 Å². The van der Waals surface area contributed by atoms with Gasteiger partial charge >= 0.3 is 0 Å². The molecule has 3 heterocycles. The van der Waals surface area contributed by atoms with Crippen LogP contribution in [0.1, 0.15) is 19.5 Å². The zero-order chi connectivity index (χ0) is 18.0. The number of aromatic nitrogens is 4. The summed E-state index contributed by atoms with van der Waals surface area (Å²) in [5, 5.41) is 11.6. The van der Waals surface area contributed by atoms with E-state index in [1.807, 2.05) is 13.8 Å². The Morgan fingerprint density at radius 2 is 2.20 bits per heavy atom. The van der Waals surface area contributed by atoms with Gasteiger partial charge in [0.05, 0.1) is 10.7 Å². The molecule has 3 aromatic heterocycles. The number of thioether (sulfide) groups is 1. The molecule has 7 nitrogen and oxygen atoms in total. The Hall–Kier alpha value is -1.97. The van der Waals surface area contributed by atoms with Gasteiger partial charge in [0.25, 0.3) is 5.56 Å². The number of pyridine rings is 1. The number of carbonyl (C=O) groups excluding carboxylic acids is 1. The van der Waals surface area contributed by atoms with E-state index in [0.717, 1.165) is 0 Å². The van der Waals surface area contributed by atoms with Crippen LogP contribution in [-0.4, -0.2) is 25.5 Å². The number of rotatable bonds is 5. The van der Waals surface area contributed by atoms with Crippen LogP contribution in [0.5, 0.6) is 0 Å². The maximum atomic E-state index is 12.1. The lowest BCUT2D eigenvalue weighted by atomic mass is 10.2. The summed E-state index contributed by atoms with van der Waals surface area (Å²) in [6.45, 7) is 3.62. The Labute approximate surface area is 156 Å². The molecule has 25 heavy (non-hydrogen) atoms. The molecule has 1 amide bonds. The Morgan fingerprint density at radius 1 is 1.40 bits per heavy atom. The van der Waals surface area contributed by atoms with Crippen LogP contribution in [0, 0.1) is 5.92 Å². The summed E-state index contributed by atoms with van der Waals surface area (Å²) >= 11 is 8.59. The van der Waals surface area contributed by atoms with Gasteiger partial charge in [0.15, 0.2) is 4.34 Å². The fourth-order valence-corrected chi connectivity index (χ4v) is 3.71. The van der Waals surface area contributed by atoms with Crippen molar-refractivity contribution in [3.8, 4) is 0 Å². The second kappa shape index (κ2) is 7.51. The molecular weight excluding hydrogens is 382 g/mol. The van der Waals surface area contributed by atoms with E-state index in [4.69, 9.17) is 11.6 Å². The second-order valence-electron chi connectivity index (χ2n) is 5.47. The fraction of sp³-hybridized carbons (Fsp3) is 0.267. The van der Waals surface area contributed by atoms with Crippen LogP contribution in [0.15, 0.2) is 33.5 Å². The maximum Gasteiger partial charge on any atom is 0.258 e. The summed E-state index contributed by atoms with van der Waals surface area (Å²) in [5.74, 6) is 0.250. The van der Waals surface area contributed by atoms with E-state index < -0.39 is 0 Å². The van der Waals surface area contributed by atoms with Crippen LogP contribution in [0.2, 0.25) is 5.02 Å². The average molecular weight is 396 g/mol. The van der Waals surface area contributed by atoms with Crippen molar-refractivity contribution in [1.29, 1.82) is 0 Å². The fourth-order valence-electron chi connectivity index (χ4n) is 1.90. The third kappa shape index (κ3) is 4.36. The highest BCUT2D eigenvalue weighted by molar-refractivity contribution is 8.00. The lowest BCUT2D eigenvalue weighted by Gasteiger charge is -2.03. The van der Waals surface area contributed by atoms with Crippen molar-refractivity contribution in [2.24, 2.45) is 5.92 Å². The summed E-state index contributed by atoms with van der Waals surface area (Å²) in [4.78, 5) is 28.2. The molecule has 0 atom stereocenters. The zero-order valence-electron chi connectivity index (χ0n) is 13.4. The smallest absolute Gasteiger partial charge is 0.258 e. The van der Waals surface area contributed by atoms with Crippen molar-refractivity contribution in [2.45, 2.75) is 23.9 Å². The molecular formula is C15H14ClN5O2S2. The van der Waals surface area contributed by atoms with Crippen molar-refractivity contribution in [1.82, 2.24) is 19.6 Å². The number of hydrogen-bond donors (Lipinski definition) is 1. The third-order valence-corrected chi connectivity index (χ3v) is 5.41. The molecule has 0 fully saturated rings. The van der Waals surface area contributed by atoms with Crippen molar-refractivity contribution >= 4 is 51.4 Å². The van der Waals surface area contributed by atoms with E-state index in [1.54, 1.807) is 12.1 Å². The molecule has 0 aliphatic rings. The van der Waals surface area contributed by atoms with Gasteiger partial charge < -0.3 is 5.32 Å². The minimum absolute atomic E-state index is 0.101. The lowest BCUT2D eigenvalue weighted by Crippen LogP contribution is -2.17. The number of amides is 1. The minimum Gasteiger partial charge on any atom is -0.300 e. The number of nitrogens with one attached hydrogen (secondary N) is 1. The molecule has 1 N–H and O–H groups in total. The number of nitrogens with zero attached hydrogens (tertiary/aromatic N) is 4. The summed E-state index contributed by atoms with van der Waals surface area (Å²) in [6, 6.07) is 4.86. The first-order valence-corrected chi connectivity index (χ1v) is 9.55. The van der Waals surface area contributed by atoms with Crippen LogP contribution < -0.4 is 10.9 Å². The zero-order valence-corrected chi connectivity index (χ0v) is 15.8. The molecule has 0 aliphatic carbocycles. The molecule has 0 bridgehead atoms. The van der Waals surface area contributed by atoms with Gasteiger partial charge in [0.1, 0.15) is 5.65 Å². The Bertz CT molecular complexity index is 985. The minimum atomic E-state index is -0.190. The molecule has 3 aromatic rings. The highest BCUT2D eigenvalue weighted by Gasteiger charge is 2.12. The SMILES string of the molecule is CC(C)C(=O)Nc1nnc(SCc2cc(=O)n3cc(Cl)ccc3n2)s1. The molecule has 0 unspecified atom stereocenters. The van der Waals surface area contributed by atoms with Crippen molar-refractivity contribution in [2.75, 3.05) is 5.32 Å². The van der Waals surface area contributed by atoms with Crippen molar-refractivity contribution < 1.29 is 4.79 Å². The van der Waals surface area contributed by atoms with E-state index in [-0.39, 0.29) is 17.4 Å². The summed E-state index contributed by atoms with van der Waals surface area (Å²) in [6.07, 6.45) is 1.54. The Kier molecular flexibility index (Phi) is 5.36. The number of halogens is 1. The summed E-state index contributed by atoms with van der Waals surface area (Å²) in [5.41, 5.74) is 0.986. The highest BCUT2D eigenvalue weighted by Crippen LogP contribution is 2.28. The first-order valence-electron chi connectivity index (χ1n) is 7.37. The van der Waals surface area contributed by atoms with E-state index in [9.17, 15) is 9.59 Å². The molecule has 0 aliphatic heterocycles. The van der Waals surface area contributed by atoms with Crippen LogP contribution >= 0.6 is 34.7 Å². The van der Waals surface area contributed by atoms with E-state index in [2.05, 4.69) is 20.5 Å². The first-order chi connectivity index (χ1) is 11.9. The monoisotopic (exact) mass is 395 g/mol. The van der Waals surface area contributed by atoms with Crippen LogP contribution in [-0.2, 0) is 10.5 Å². The van der Waals surface area contributed by atoms with Gasteiger partial charge in [-0.3, -0.25) is 14.0 Å². The van der Waals surface area contributed by atoms with Gasteiger partial charge in [-0.1, -0.05) is 48.5 Å². The van der Waals surface area contributed by atoms with Gasteiger partial charge in [-0.25, -0.2) is 4.98 Å². The standard InChI is InChI=1S/C15H14ClN5O2S2/c1-8(2)13(23)18-14-19-20-15(25-14)24-7-10-5-12(22)21-6-9(16)3-4-11(21)17-10/h3-6,8H,7H2,1-2H3,(H,18,19,23). The lowest BCUT2D eigenvalue weighted by molar-refractivity contribution is -0.118. The predicted molar refractivity (Wildman–Crippen MR) is 99.4 cm³/mol. The van der Waals surface area contributed by atoms with Gasteiger partial charge in [-0.15, -0.1) is 10.2 Å². The van der Waals surface area contributed by atoms with Crippen molar-refractivity contribution in [3.05, 3.63) is 45.5 Å². The molecule has 3 rings (SSSR count). The normalized spacial score (nSPS) is 11.2. The van der Waals surface area contributed by atoms with Gasteiger partial charge in [-0.05, 0) is 12.1 Å². The van der Waals surface area contributed by atoms with E-state index >= 15 is 0 Å². The summed E-state index contributed by atoms with van der Waals surface area (Å²) in [7, 11) is 0. The van der Waals surface area contributed by atoms with Gasteiger partial charge in [0, 0.05) is 23.9 Å². The molecule has 0 saturated carbocycles. The number of fused-ring (bicyclic) bond motifs is 1. The second-order valence-corrected chi connectivity index (χ2v) is 8.10. The van der Waals surface area contributed by atoms with Crippen LogP contribution in [0.3, 0.4) is 0 Å². The van der Waals surface area contributed by atoms with E-state index in [1.165, 1.54) is 39.8 Å². The first kappa shape index (κ1) is 17.8. The number of carbonyl (C=O) groups is 1. The molecule has 0 saturated heterocycles. The average Bonchev–Trinajstić information content (AvgIpc) is 3.01. The number of anilines is 1. The van der Waals surface area contributed by atoms with Gasteiger partial charge in [0.2, 0.25) is 11.0 Å². The van der Waals surface area contributed by atoms with Gasteiger partial charge in [-0.2, -0.15) is 0 Å². The third-order valence-electron chi connectivity index (χ3n) is 3.18. The van der Waals surface area contributed by atoms with Crippen LogP contribution in [0.4, 0.5) is 5.13 Å². The highest BCUT2D eigenvalue weighted by atomic mass is 35.5. The van der Waals surface area contributed by atoms with Crippen molar-refractivity contribution in [3.63, 3.8) is 0 Å². The topological polar surface area (TPSA) is 89.2 Å². The molecule has 0 spiro atoms. The molecule has 0 radical (unpaired) electrons. The molecule has 130 valence electrons. The predicted octanol–water partition coefficient (Wildman–Crippen LogP) is 3.09. The van der Waals surface area contributed by atoms with E-state index in [0.29, 0.717) is 31.6 Å². The summed E-state index contributed by atoms with van der Waals surface area (Å²) < 4.78 is 2.10.